The topological polar surface area (TPSA) is 46.5 Å². The molecule has 0 aromatic carbocycles. The van der Waals surface area contributed by atoms with Gasteiger partial charge in [0.25, 0.3) is 0 Å². The smallest absolute Gasteiger partial charge is 0.225 e. The Kier molecular flexibility index (Phi) is 2.67. The van der Waals surface area contributed by atoms with Gasteiger partial charge in [0.05, 0.1) is 0 Å². The number of hydrogen-bond donors (Lipinski definition) is 1. The van der Waals surface area contributed by atoms with Crippen LogP contribution in [0.5, 0.6) is 0 Å². The molecule has 0 heterocycles. The Morgan fingerprint density at radius 2 is 2.12 bits per heavy atom. The zero-order valence-electron chi connectivity index (χ0n) is 5.29. The van der Waals surface area contributed by atoms with Crippen LogP contribution in [-0.4, -0.2) is 24.5 Å². The minimum Gasteiger partial charge on any atom is -0.372 e. The molecule has 0 saturated heterocycles. The second-order valence-corrected chi connectivity index (χ2v) is 4.39. The van der Waals surface area contributed by atoms with Gasteiger partial charge in [-0.3, -0.25) is 4.57 Å². The predicted molar refractivity (Wildman–Crippen MR) is 32.2 cm³/mol. The molecule has 0 saturated carbocycles. The molecule has 0 aliphatic carbocycles. The summed E-state index contributed by atoms with van der Waals surface area (Å²) in [6, 6.07) is 0. The summed E-state index contributed by atoms with van der Waals surface area (Å²) in [5, 5.41) is 0. The molecule has 2 unspecified atom stereocenters. The van der Waals surface area contributed by atoms with Crippen molar-refractivity contribution in [2.75, 3.05) is 13.8 Å². The first kappa shape index (κ1) is 8.15. The lowest BCUT2D eigenvalue weighted by Crippen LogP contribution is -2.03. The highest BCUT2D eigenvalue weighted by atomic mass is 31.2. The van der Waals surface area contributed by atoms with Gasteiger partial charge in [0, 0.05) is 13.8 Å². The lowest BCUT2D eigenvalue weighted by Gasteiger charge is -2.11. The molecule has 4 heteroatoms. The molecule has 0 spiro atoms. The Bertz CT molecular complexity index is 106. The normalized spacial score (nSPS) is 22.0. The van der Waals surface area contributed by atoms with E-state index in [-0.39, 0.29) is 0 Å². The molecule has 0 amide bonds. The lowest BCUT2D eigenvalue weighted by atomic mass is 10.9. The van der Waals surface area contributed by atoms with Gasteiger partial charge in [-0.25, -0.2) is 0 Å². The fourth-order valence-corrected chi connectivity index (χ4v) is 0.587. The van der Waals surface area contributed by atoms with Crippen molar-refractivity contribution in [3.8, 4) is 0 Å². The van der Waals surface area contributed by atoms with Crippen molar-refractivity contribution >= 4 is 7.37 Å². The fourth-order valence-electron chi connectivity index (χ4n) is 0.196. The Morgan fingerprint density at radius 3 is 2.12 bits per heavy atom. The van der Waals surface area contributed by atoms with Crippen LogP contribution < -0.4 is 0 Å². The summed E-state index contributed by atoms with van der Waals surface area (Å²) in [5.74, 6) is -0.539. The van der Waals surface area contributed by atoms with Crippen molar-refractivity contribution < 1.29 is 14.2 Å². The zero-order chi connectivity index (χ0) is 6.78. The van der Waals surface area contributed by atoms with Crippen LogP contribution in [0.25, 0.3) is 0 Å². The van der Waals surface area contributed by atoms with Crippen LogP contribution in [0.1, 0.15) is 6.92 Å². The van der Waals surface area contributed by atoms with Gasteiger partial charge in [-0.1, -0.05) is 0 Å². The third kappa shape index (κ3) is 2.46. The predicted octanol–water partition coefficient (Wildman–Crippen LogP) is 0.879. The van der Waals surface area contributed by atoms with Crippen molar-refractivity contribution in [1.29, 1.82) is 0 Å². The van der Waals surface area contributed by atoms with E-state index in [9.17, 15) is 4.57 Å². The van der Waals surface area contributed by atoms with E-state index in [2.05, 4.69) is 4.74 Å². The summed E-state index contributed by atoms with van der Waals surface area (Å²) in [4.78, 5) is 8.72. The number of methoxy groups -OCH3 is 1. The maximum atomic E-state index is 10.6. The summed E-state index contributed by atoms with van der Waals surface area (Å²) in [7, 11) is -1.57. The van der Waals surface area contributed by atoms with E-state index in [1.54, 1.807) is 6.92 Å². The maximum Gasteiger partial charge on any atom is 0.225 e. The highest BCUT2D eigenvalue weighted by Gasteiger charge is 2.18. The average Bonchev–Trinajstić information content (AvgIpc) is 1.62. The number of hydrogen-bond acceptors (Lipinski definition) is 2. The van der Waals surface area contributed by atoms with E-state index < -0.39 is 13.2 Å². The molecular formula is C4H11O3P. The highest BCUT2D eigenvalue weighted by molar-refractivity contribution is 7.57. The first-order valence-corrected chi connectivity index (χ1v) is 4.49. The lowest BCUT2D eigenvalue weighted by molar-refractivity contribution is 0.167. The molecular weight excluding hydrogens is 127 g/mol. The van der Waals surface area contributed by atoms with Gasteiger partial charge in [-0.15, -0.1) is 0 Å². The highest BCUT2D eigenvalue weighted by Crippen LogP contribution is 2.41. The Morgan fingerprint density at radius 1 is 1.75 bits per heavy atom. The fraction of sp³-hybridized carbons (Fsp3) is 1.00. The molecule has 1 N–H and O–H groups in total. The van der Waals surface area contributed by atoms with E-state index in [0.717, 1.165) is 0 Å². The van der Waals surface area contributed by atoms with Crippen LogP contribution >= 0.6 is 7.37 Å². The van der Waals surface area contributed by atoms with Crippen molar-refractivity contribution in [2.45, 2.75) is 12.8 Å². The maximum absolute atomic E-state index is 10.6. The SMILES string of the molecule is COC(C)P(C)(=O)O. The second kappa shape index (κ2) is 2.62. The van der Waals surface area contributed by atoms with Crippen LogP contribution in [0.4, 0.5) is 0 Å². The summed E-state index contributed by atoms with van der Waals surface area (Å²) in [5.41, 5.74) is 0. The van der Waals surface area contributed by atoms with Crippen LogP contribution in [0.3, 0.4) is 0 Å². The van der Waals surface area contributed by atoms with Crippen LogP contribution in [0.2, 0.25) is 0 Å². The standard InChI is InChI=1S/C4H11O3P/c1-4(7-2)8(3,5)6/h4H,1-3H3,(H,5,6). The molecule has 0 radical (unpaired) electrons. The van der Waals surface area contributed by atoms with Crippen molar-refractivity contribution in [1.82, 2.24) is 0 Å². The minimum absolute atomic E-state index is 0.539. The second-order valence-electron chi connectivity index (χ2n) is 1.78. The van der Waals surface area contributed by atoms with Crippen LogP contribution in [0.15, 0.2) is 0 Å². The Balaban J connectivity index is 3.82. The summed E-state index contributed by atoms with van der Waals surface area (Å²) < 4.78 is 15.2. The van der Waals surface area contributed by atoms with E-state index in [1.165, 1.54) is 13.8 Å². The first-order valence-electron chi connectivity index (χ1n) is 2.31. The van der Waals surface area contributed by atoms with E-state index in [1.807, 2.05) is 0 Å². The van der Waals surface area contributed by atoms with E-state index >= 15 is 0 Å². The van der Waals surface area contributed by atoms with Gasteiger partial charge >= 0.3 is 0 Å². The molecule has 0 aromatic rings. The number of rotatable bonds is 2. The molecule has 2 atom stereocenters. The minimum atomic E-state index is -2.98. The van der Waals surface area contributed by atoms with Gasteiger partial charge < -0.3 is 9.63 Å². The molecule has 0 aromatic heterocycles. The number of ether oxygens (including phenoxy) is 1. The van der Waals surface area contributed by atoms with Gasteiger partial charge in [-0.05, 0) is 6.92 Å². The van der Waals surface area contributed by atoms with Gasteiger partial charge in [0.2, 0.25) is 7.37 Å². The molecule has 3 nitrogen and oxygen atoms in total. The van der Waals surface area contributed by atoms with Crippen molar-refractivity contribution in [2.24, 2.45) is 0 Å². The van der Waals surface area contributed by atoms with Gasteiger partial charge in [0.15, 0.2) is 0 Å². The van der Waals surface area contributed by atoms with E-state index in [4.69, 9.17) is 4.89 Å². The Labute approximate surface area is 49.1 Å². The molecule has 0 aliphatic heterocycles. The quantitative estimate of drug-likeness (QED) is 0.576. The van der Waals surface area contributed by atoms with Gasteiger partial charge in [-0.2, -0.15) is 0 Å². The third-order valence-corrected chi connectivity index (χ3v) is 2.58. The summed E-state index contributed by atoms with van der Waals surface area (Å²) in [6.45, 7) is 2.85. The van der Waals surface area contributed by atoms with Crippen LogP contribution in [0, 0.1) is 0 Å². The average molecular weight is 138 g/mol. The van der Waals surface area contributed by atoms with Crippen molar-refractivity contribution in [3.05, 3.63) is 0 Å². The molecule has 0 bridgehead atoms. The third-order valence-electron chi connectivity index (χ3n) is 1.02. The first-order chi connectivity index (χ1) is 3.48. The summed E-state index contributed by atoms with van der Waals surface area (Å²) in [6.07, 6.45) is 0. The molecule has 0 aliphatic rings. The van der Waals surface area contributed by atoms with Gasteiger partial charge in [0.1, 0.15) is 5.85 Å². The monoisotopic (exact) mass is 138 g/mol. The molecule has 0 fully saturated rings. The molecule has 0 rings (SSSR count). The molecule has 8 heavy (non-hydrogen) atoms. The Hall–Kier alpha value is 0.150. The summed E-state index contributed by atoms with van der Waals surface area (Å²) >= 11 is 0. The van der Waals surface area contributed by atoms with E-state index in [0.29, 0.717) is 0 Å². The molecule has 50 valence electrons. The van der Waals surface area contributed by atoms with Crippen LogP contribution in [-0.2, 0) is 9.30 Å². The largest absolute Gasteiger partial charge is 0.372 e. The van der Waals surface area contributed by atoms with Crippen molar-refractivity contribution in [3.63, 3.8) is 0 Å². The zero-order valence-corrected chi connectivity index (χ0v) is 6.18.